The quantitative estimate of drug-likeness (QED) is 0.372. The highest BCUT2D eigenvalue weighted by atomic mass is 32.2. The van der Waals surface area contributed by atoms with E-state index in [0.717, 1.165) is 5.69 Å². The Bertz CT molecular complexity index is 1510. The molecule has 2 aromatic heterocycles. The highest BCUT2D eigenvalue weighted by Crippen LogP contribution is 2.27. The maximum Gasteiger partial charge on any atom is 0.267 e. The number of aromatic nitrogens is 4. The van der Waals surface area contributed by atoms with Gasteiger partial charge in [-0.3, -0.25) is 14.0 Å². The molecule has 7 nitrogen and oxygen atoms in total. The van der Waals surface area contributed by atoms with E-state index in [-0.39, 0.29) is 11.5 Å². The summed E-state index contributed by atoms with van der Waals surface area (Å²) in [5.74, 6) is 0.354. The van der Waals surface area contributed by atoms with E-state index in [1.54, 1.807) is 22.6 Å². The fourth-order valence-corrected chi connectivity index (χ4v) is 4.77. The summed E-state index contributed by atoms with van der Waals surface area (Å²) in [4.78, 5) is 28.1. The van der Waals surface area contributed by atoms with Crippen LogP contribution in [0.3, 0.4) is 0 Å². The van der Waals surface area contributed by atoms with Gasteiger partial charge in [-0.1, -0.05) is 60.3 Å². The van der Waals surface area contributed by atoms with E-state index >= 15 is 0 Å². The van der Waals surface area contributed by atoms with Gasteiger partial charge in [0.15, 0.2) is 5.16 Å². The zero-order valence-electron chi connectivity index (χ0n) is 18.1. The first-order valence-corrected chi connectivity index (χ1v) is 11.4. The summed E-state index contributed by atoms with van der Waals surface area (Å²) < 4.78 is 3.41. The lowest BCUT2D eigenvalue weighted by Gasteiger charge is -2.21. The number of carbonyl (C=O) groups is 1. The van der Waals surface area contributed by atoms with Crippen molar-refractivity contribution < 1.29 is 4.79 Å². The van der Waals surface area contributed by atoms with Crippen LogP contribution in [0.5, 0.6) is 0 Å². The van der Waals surface area contributed by atoms with Gasteiger partial charge in [0.2, 0.25) is 11.7 Å². The Morgan fingerprint density at radius 3 is 2.27 bits per heavy atom. The monoisotopic (exact) mass is 455 g/mol. The molecular weight excluding hydrogens is 434 g/mol. The lowest BCUT2D eigenvalue weighted by Crippen LogP contribution is -2.33. The number of hydrogen-bond acceptors (Lipinski definition) is 5. The Labute approximate surface area is 194 Å². The third-order valence-electron chi connectivity index (χ3n) is 5.51. The molecule has 0 fully saturated rings. The van der Waals surface area contributed by atoms with E-state index in [1.165, 1.54) is 11.8 Å². The van der Waals surface area contributed by atoms with Crippen molar-refractivity contribution in [3.8, 4) is 5.69 Å². The highest BCUT2D eigenvalue weighted by Gasteiger charge is 2.24. The number of rotatable bonds is 5. The van der Waals surface area contributed by atoms with Crippen molar-refractivity contribution in [3.63, 3.8) is 0 Å². The average molecular weight is 456 g/mol. The first-order chi connectivity index (χ1) is 16.1. The SMILES string of the molecule is C[C@H](Sc1nnc2n(-c3ccccc3)c(=O)c3ccccc3n12)C(=O)N(C)c1ccccc1. The van der Waals surface area contributed by atoms with Crippen LogP contribution in [-0.4, -0.2) is 37.4 Å². The topological polar surface area (TPSA) is 72.5 Å². The number of para-hydroxylation sites is 3. The summed E-state index contributed by atoms with van der Waals surface area (Å²) in [5, 5.41) is 9.41. The first kappa shape index (κ1) is 21.0. The largest absolute Gasteiger partial charge is 0.315 e. The minimum absolute atomic E-state index is 0.0522. The molecule has 0 saturated carbocycles. The second kappa shape index (κ2) is 8.55. The molecular formula is C25H21N5O2S. The number of thioether (sulfide) groups is 1. The molecule has 0 saturated heterocycles. The number of benzene rings is 3. The van der Waals surface area contributed by atoms with Crippen molar-refractivity contribution in [2.45, 2.75) is 17.3 Å². The molecule has 0 N–H and O–H groups in total. The first-order valence-electron chi connectivity index (χ1n) is 10.5. The van der Waals surface area contributed by atoms with Gasteiger partial charge in [0.05, 0.1) is 21.8 Å². The van der Waals surface area contributed by atoms with E-state index in [4.69, 9.17) is 0 Å². The van der Waals surface area contributed by atoms with Gasteiger partial charge in [-0.2, -0.15) is 0 Å². The van der Waals surface area contributed by atoms with Crippen LogP contribution >= 0.6 is 11.8 Å². The second-order valence-corrected chi connectivity index (χ2v) is 8.91. The van der Waals surface area contributed by atoms with Crippen molar-refractivity contribution in [2.75, 3.05) is 11.9 Å². The molecule has 2 heterocycles. The Morgan fingerprint density at radius 1 is 0.909 bits per heavy atom. The Morgan fingerprint density at radius 2 is 1.55 bits per heavy atom. The van der Waals surface area contributed by atoms with Crippen molar-refractivity contribution >= 4 is 40.0 Å². The van der Waals surface area contributed by atoms with E-state index < -0.39 is 5.25 Å². The van der Waals surface area contributed by atoms with Gasteiger partial charge in [-0.25, -0.2) is 4.57 Å². The molecule has 1 atom stereocenters. The van der Waals surface area contributed by atoms with Crippen LogP contribution in [-0.2, 0) is 4.79 Å². The molecule has 0 bridgehead atoms. The third kappa shape index (κ3) is 3.68. The minimum Gasteiger partial charge on any atom is -0.315 e. The highest BCUT2D eigenvalue weighted by molar-refractivity contribution is 8.00. The molecule has 1 amide bonds. The summed E-state index contributed by atoms with van der Waals surface area (Å²) in [7, 11) is 1.76. The van der Waals surface area contributed by atoms with E-state index in [0.29, 0.717) is 27.5 Å². The Hall–Kier alpha value is -3.91. The second-order valence-electron chi connectivity index (χ2n) is 7.60. The summed E-state index contributed by atoms with van der Waals surface area (Å²) in [6, 6.07) is 26.3. The van der Waals surface area contributed by atoms with Gasteiger partial charge in [0.1, 0.15) is 0 Å². The number of anilines is 1. The van der Waals surface area contributed by atoms with E-state index in [1.807, 2.05) is 90.2 Å². The number of carbonyl (C=O) groups excluding carboxylic acids is 1. The molecule has 8 heteroatoms. The molecule has 164 valence electrons. The molecule has 0 aliphatic rings. The van der Waals surface area contributed by atoms with Crippen molar-refractivity contribution in [2.24, 2.45) is 0 Å². The van der Waals surface area contributed by atoms with Crippen LogP contribution in [0.15, 0.2) is 94.9 Å². The predicted octanol–water partition coefficient (Wildman–Crippen LogP) is 4.18. The van der Waals surface area contributed by atoms with Crippen LogP contribution < -0.4 is 10.5 Å². The zero-order chi connectivity index (χ0) is 22.9. The fraction of sp³-hybridized carbons (Fsp3) is 0.120. The minimum atomic E-state index is -0.418. The standard InChI is InChI=1S/C25H21N5O2S/c1-17(22(31)28(2)18-11-5-3-6-12-18)33-25-27-26-24-29(19-13-7-4-8-14-19)23(32)20-15-9-10-16-21(20)30(24)25/h3-17H,1-2H3/t17-/m0/s1. The van der Waals surface area contributed by atoms with Gasteiger partial charge < -0.3 is 4.90 Å². The van der Waals surface area contributed by atoms with Crippen LogP contribution in [0, 0.1) is 0 Å². The summed E-state index contributed by atoms with van der Waals surface area (Å²) >= 11 is 1.32. The van der Waals surface area contributed by atoms with Crippen LogP contribution in [0.2, 0.25) is 0 Å². The molecule has 0 spiro atoms. The molecule has 3 aromatic carbocycles. The zero-order valence-corrected chi connectivity index (χ0v) is 18.9. The normalized spacial score (nSPS) is 12.2. The van der Waals surface area contributed by atoms with Crippen molar-refractivity contribution in [1.82, 2.24) is 19.2 Å². The van der Waals surface area contributed by atoms with Gasteiger partial charge in [-0.05, 0) is 43.3 Å². The average Bonchev–Trinajstić information content (AvgIpc) is 3.27. The summed E-state index contributed by atoms with van der Waals surface area (Å²) in [6.07, 6.45) is 0. The molecule has 0 aliphatic carbocycles. The maximum atomic E-state index is 13.3. The Balaban J connectivity index is 1.61. The third-order valence-corrected chi connectivity index (χ3v) is 6.54. The summed E-state index contributed by atoms with van der Waals surface area (Å²) in [5.41, 5.74) is 2.06. The number of amides is 1. The number of fused-ring (bicyclic) bond motifs is 3. The van der Waals surface area contributed by atoms with Crippen LogP contribution in [0.4, 0.5) is 5.69 Å². The van der Waals surface area contributed by atoms with E-state index in [9.17, 15) is 9.59 Å². The molecule has 0 aliphatic heterocycles. The molecule has 5 rings (SSSR count). The van der Waals surface area contributed by atoms with E-state index in [2.05, 4.69) is 10.2 Å². The molecule has 33 heavy (non-hydrogen) atoms. The van der Waals surface area contributed by atoms with Crippen LogP contribution in [0.1, 0.15) is 6.92 Å². The predicted molar refractivity (Wildman–Crippen MR) is 131 cm³/mol. The maximum absolute atomic E-state index is 13.3. The number of hydrogen-bond donors (Lipinski definition) is 0. The van der Waals surface area contributed by atoms with Gasteiger partial charge in [0.25, 0.3) is 5.56 Å². The lowest BCUT2D eigenvalue weighted by atomic mass is 10.2. The van der Waals surface area contributed by atoms with Gasteiger partial charge in [-0.15, -0.1) is 10.2 Å². The van der Waals surface area contributed by atoms with Gasteiger partial charge in [0, 0.05) is 12.7 Å². The summed E-state index contributed by atoms with van der Waals surface area (Å²) in [6.45, 7) is 1.85. The fourth-order valence-electron chi connectivity index (χ4n) is 3.82. The lowest BCUT2D eigenvalue weighted by molar-refractivity contribution is -0.117. The number of nitrogens with zero attached hydrogens (tertiary/aromatic N) is 5. The van der Waals surface area contributed by atoms with Gasteiger partial charge >= 0.3 is 0 Å². The molecule has 0 unspecified atom stereocenters. The van der Waals surface area contributed by atoms with Crippen molar-refractivity contribution in [3.05, 3.63) is 95.3 Å². The molecule has 0 radical (unpaired) electrons. The van der Waals surface area contributed by atoms with Crippen LogP contribution in [0.25, 0.3) is 22.4 Å². The Kier molecular flexibility index (Phi) is 5.43. The smallest absolute Gasteiger partial charge is 0.267 e. The van der Waals surface area contributed by atoms with Crippen molar-refractivity contribution in [1.29, 1.82) is 0 Å². The molecule has 5 aromatic rings.